The van der Waals surface area contributed by atoms with Crippen molar-refractivity contribution in [1.29, 1.82) is 0 Å². The Labute approximate surface area is 137 Å². The molecule has 0 radical (unpaired) electrons. The van der Waals surface area contributed by atoms with Gasteiger partial charge in [0.15, 0.2) is 0 Å². The number of rotatable bonds is 3. The van der Waals surface area contributed by atoms with Gasteiger partial charge in [-0.3, -0.25) is 4.98 Å². The van der Waals surface area contributed by atoms with Crippen LogP contribution in [0.3, 0.4) is 0 Å². The third kappa shape index (κ3) is 3.78. The number of carboxylic acid groups (broad SMARTS) is 1. The molecule has 0 unspecified atom stereocenters. The van der Waals surface area contributed by atoms with Crippen molar-refractivity contribution < 1.29 is 44.6 Å². The molecule has 1 aromatic heterocycles. The fourth-order valence-electron chi connectivity index (χ4n) is 1.59. The van der Waals surface area contributed by atoms with E-state index in [2.05, 4.69) is 4.98 Å². The van der Waals surface area contributed by atoms with Crippen LogP contribution >= 0.6 is 11.6 Å². The Balaban J connectivity index is 0.00000180. The van der Waals surface area contributed by atoms with E-state index < -0.39 is 5.97 Å². The van der Waals surface area contributed by atoms with E-state index in [1.165, 1.54) is 12.1 Å². The minimum Gasteiger partial charge on any atom is -0.545 e. The number of halogens is 1. The average molecular weight is 286 g/mol. The fourth-order valence-corrected chi connectivity index (χ4v) is 1.85. The van der Waals surface area contributed by atoms with Crippen LogP contribution in [0.2, 0.25) is 5.02 Å². The first-order valence-corrected chi connectivity index (χ1v) is 5.55. The number of nitrogens with zero attached hydrogens (tertiary/aromatic N) is 1. The van der Waals surface area contributed by atoms with Gasteiger partial charge in [-0.15, -0.1) is 0 Å². The number of aliphatic hydroxyl groups excluding tert-OH is 1. The molecule has 1 heterocycles. The number of carbonyl (C=O) groups is 1. The Kier molecular flexibility index (Phi) is 5.97. The molecule has 1 N–H and O–H groups in total. The summed E-state index contributed by atoms with van der Waals surface area (Å²) in [4.78, 5) is 14.7. The molecule has 0 spiro atoms. The minimum atomic E-state index is -1.31. The second-order valence-corrected chi connectivity index (χ2v) is 4.13. The molecular formula is C13H9ClNNaO3. The Bertz CT molecular complexity index is 604. The number of aromatic carboxylic acids is 1. The Morgan fingerprint density at radius 3 is 2.58 bits per heavy atom. The van der Waals surface area contributed by atoms with E-state index in [1.807, 2.05) is 0 Å². The van der Waals surface area contributed by atoms with Crippen molar-refractivity contribution in [2.75, 3.05) is 0 Å². The summed E-state index contributed by atoms with van der Waals surface area (Å²) < 4.78 is 0. The molecule has 0 fully saturated rings. The van der Waals surface area contributed by atoms with Crippen molar-refractivity contribution in [3.63, 3.8) is 0 Å². The summed E-state index contributed by atoms with van der Waals surface area (Å²) in [5.74, 6) is -1.31. The number of benzene rings is 1. The zero-order valence-corrected chi connectivity index (χ0v) is 13.0. The average Bonchev–Trinajstić information content (AvgIpc) is 2.38. The molecule has 0 aliphatic heterocycles. The first kappa shape index (κ1) is 16.1. The molecule has 92 valence electrons. The molecule has 6 heteroatoms. The molecule has 0 saturated heterocycles. The first-order valence-electron chi connectivity index (χ1n) is 5.18. The van der Waals surface area contributed by atoms with Gasteiger partial charge in [-0.2, -0.15) is 0 Å². The summed E-state index contributed by atoms with van der Waals surface area (Å²) in [6.07, 6.45) is 3.17. The van der Waals surface area contributed by atoms with E-state index in [-0.39, 0.29) is 46.8 Å². The number of pyridine rings is 1. The van der Waals surface area contributed by atoms with Gasteiger partial charge in [-0.1, -0.05) is 23.7 Å². The molecule has 2 rings (SSSR count). The molecule has 4 nitrogen and oxygen atoms in total. The van der Waals surface area contributed by atoms with Gasteiger partial charge in [0.2, 0.25) is 0 Å². The smallest absolute Gasteiger partial charge is 0.545 e. The summed E-state index contributed by atoms with van der Waals surface area (Å²) in [5.41, 5.74) is 2.11. The second kappa shape index (κ2) is 7.03. The van der Waals surface area contributed by atoms with Crippen molar-refractivity contribution in [1.82, 2.24) is 4.98 Å². The number of aliphatic hydroxyl groups is 1. The zero-order valence-electron chi connectivity index (χ0n) is 10.3. The first-order chi connectivity index (χ1) is 8.61. The molecule has 19 heavy (non-hydrogen) atoms. The van der Waals surface area contributed by atoms with Crippen LogP contribution in [0.1, 0.15) is 15.9 Å². The quantitative estimate of drug-likeness (QED) is 0.680. The number of hydrogen-bond donors (Lipinski definition) is 1. The van der Waals surface area contributed by atoms with Crippen LogP contribution in [0.5, 0.6) is 0 Å². The van der Waals surface area contributed by atoms with E-state index in [0.29, 0.717) is 5.56 Å². The van der Waals surface area contributed by atoms with Crippen molar-refractivity contribution in [2.45, 2.75) is 6.61 Å². The van der Waals surface area contributed by atoms with Gasteiger partial charge in [-0.25, -0.2) is 0 Å². The molecule has 0 amide bonds. The summed E-state index contributed by atoms with van der Waals surface area (Å²) in [5, 5.41) is 19.9. The summed E-state index contributed by atoms with van der Waals surface area (Å²) in [6.45, 7) is -0.105. The van der Waals surface area contributed by atoms with Gasteiger partial charge in [0, 0.05) is 23.5 Å². The largest absolute Gasteiger partial charge is 1.00 e. The number of aromatic nitrogens is 1. The maximum absolute atomic E-state index is 10.7. The molecule has 2 aromatic rings. The maximum Gasteiger partial charge on any atom is 1.00 e. The van der Waals surface area contributed by atoms with Crippen LogP contribution in [0, 0.1) is 0 Å². The minimum absolute atomic E-state index is 0. The van der Waals surface area contributed by atoms with Crippen LogP contribution in [-0.4, -0.2) is 16.1 Å². The van der Waals surface area contributed by atoms with E-state index in [9.17, 15) is 9.90 Å². The van der Waals surface area contributed by atoms with E-state index in [0.717, 1.165) is 11.1 Å². The van der Waals surface area contributed by atoms with E-state index >= 15 is 0 Å². The number of carbonyl (C=O) groups excluding carboxylic acids is 1. The molecular weight excluding hydrogens is 277 g/mol. The number of hydrogen-bond acceptors (Lipinski definition) is 4. The van der Waals surface area contributed by atoms with Gasteiger partial charge >= 0.3 is 29.6 Å². The fraction of sp³-hybridized carbons (Fsp3) is 0.0769. The van der Waals surface area contributed by atoms with Gasteiger partial charge < -0.3 is 15.0 Å². The van der Waals surface area contributed by atoms with E-state index in [4.69, 9.17) is 16.7 Å². The Hall–Kier alpha value is -0.910. The molecule has 0 aliphatic rings. The Morgan fingerprint density at radius 2 is 2.00 bits per heavy atom. The van der Waals surface area contributed by atoms with E-state index in [1.54, 1.807) is 24.5 Å². The van der Waals surface area contributed by atoms with Crippen molar-refractivity contribution in [3.05, 3.63) is 52.8 Å². The van der Waals surface area contributed by atoms with Crippen LogP contribution < -0.4 is 34.7 Å². The van der Waals surface area contributed by atoms with Crippen molar-refractivity contribution in [3.8, 4) is 11.1 Å². The van der Waals surface area contributed by atoms with Crippen molar-refractivity contribution >= 4 is 17.6 Å². The van der Waals surface area contributed by atoms with Crippen molar-refractivity contribution in [2.24, 2.45) is 0 Å². The van der Waals surface area contributed by atoms with Gasteiger partial charge in [0.05, 0.1) is 17.6 Å². The van der Waals surface area contributed by atoms with Gasteiger partial charge in [0.1, 0.15) is 0 Å². The predicted octanol–water partition coefficient (Wildman–Crippen LogP) is -1.74. The Morgan fingerprint density at radius 1 is 1.26 bits per heavy atom. The molecule has 0 saturated carbocycles. The summed E-state index contributed by atoms with van der Waals surface area (Å²) in [6, 6.07) is 6.30. The summed E-state index contributed by atoms with van der Waals surface area (Å²) >= 11 is 5.86. The standard InChI is InChI=1S/C13H10ClNO3.Na/c14-12-4-9(1-2-11(12)13(17)18)10-3-8(7-16)5-15-6-10;/h1-6,16H,7H2,(H,17,18);/q;+1/p-1. The zero-order chi connectivity index (χ0) is 13.1. The molecule has 1 aromatic carbocycles. The third-order valence-electron chi connectivity index (χ3n) is 2.50. The normalized spacial score (nSPS) is 9.79. The monoisotopic (exact) mass is 285 g/mol. The van der Waals surface area contributed by atoms with Crippen LogP contribution in [0.15, 0.2) is 36.7 Å². The second-order valence-electron chi connectivity index (χ2n) is 3.72. The molecule has 0 bridgehead atoms. The van der Waals surface area contributed by atoms with Gasteiger partial charge in [0.25, 0.3) is 0 Å². The SMILES string of the molecule is O=C([O-])c1ccc(-c2cncc(CO)c2)cc1Cl.[Na+]. The van der Waals surface area contributed by atoms with Crippen LogP contribution in [0.4, 0.5) is 0 Å². The predicted molar refractivity (Wildman–Crippen MR) is 64.9 cm³/mol. The number of carboxylic acids is 1. The topological polar surface area (TPSA) is 73.2 Å². The maximum atomic E-state index is 10.7. The van der Waals surface area contributed by atoms with Gasteiger partial charge in [-0.05, 0) is 23.3 Å². The molecule has 0 atom stereocenters. The van der Waals surface area contributed by atoms with Crippen LogP contribution in [0.25, 0.3) is 11.1 Å². The molecule has 0 aliphatic carbocycles. The summed E-state index contributed by atoms with van der Waals surface area (Å²) in [7, 11) is 0. The van der Waals surface area contributed by atoms with Crippen LogP contribution in [-0.2, 0) is 6.61 Å². The third-order valence-corrected chi connectivity index (χ3v) is 2.81.